The zero-order chi connectivity index (χ0) is 13.9. The fraction of sp³-hybridized carbons (Fsp3) is 0.500. The van der Waals surface area contributed by atoms with Gasteiger partial charge in [-0.05, 0) is 22.6 Å². The smallest absolute Gasteiger partial charge is 0.332 e. The molecule has 0 saturated heterocycles. The average Bonchev–Trinajstić information content (AvgIpc) is 2.27. The van der Waals surface area contributed by atoms with Gasteiger partial charge in [0.25, 0.3) is 0 Å². The van der Waals surface area contributed by atoms with Crippen molar-refractivity contribution in [2.45, 2.75) is 38.7 Å². The molecule has 4 heteroatoms. The maximum atomic E-state index is 10.6. The van der Waals surface area contributed by atoms with Crippen molar-refractivity contribution >= 4 is 5.97 Å². The van der Waals surface area contributed by atoms with Gasteiger partial charge in [0.15, 0.2) is 6.10 Å². The van der Waals surface area contributed by atoms with E-state index < -0.39 is 12.1 Å². The predicted molar refractivity (Wildman–Crippen MR) is 69.0 cm³/mol. The SMILES string of the molecule is COc1ccc(CC(O)C(=O)O)cc1C(C)(C)C. The van der Waals surface area contributed by atoms with Crippen molar-refractivity contribution in [1.82, 2.24) is 0 Å². The molecule has 0 fully saturated rings. The van der Waals surface area contributed by atoms with Crippen LogP contribution >= 0.6 is 0 Å². The van der Waals surface area contributed by atoms with Crippen molar-refractivity contribution in [3.8, 4) is 5.75 Å². The number of aliphatic hydroxyl groups excluding tert-OH is 1. The Morgan fingerprint density at radius 2 is 2.00 bits per heavy atom. The molecule has 0 radical (unpaired) electrons. The molecule has 1 aromatic carbocycles. The fourth-order valence-corrected chi connectivity index (χ4v) is 1.78. The highest BCUT2D eigenvalue weighted by molar-refractivity contribution is 5.72. The second kappa shape index (κ2) is 5.40. The molecule has 4 nitrogen and oxygen atoms in total. The van der Waals surface area contributed by atoms with E-state index in [4.69, 9.17) is 9.84 Å². The highest BCUT2D eigenvalue weighted by Crippen LogP contribution is 2.32. The number of aliphatic carboxylic acids is 1. The van der Waals surface area contributed by atoms with E-state index in [-0.39, 0.29) is 11.8 Å². The minimum absolute atomic E-state index is 0.0996. The fourth-order valence-electron chi connectivity index (χ4n) is 1.78. The zero-order valence-electron chi connectivity index (χ0n) is 11.2. The number of carboxylic acids is 1. The molecule has 0 aliphatic rings. The minimum atomic E-state index is -1.37. The van der Waals surface area contributed by atoms with Crippen LogP contribution in [0.1, 0.15) is 31.9 Å². The van der Waals surface area contributed by atoms with E-state index >= 15 is 0 Å². The van der Waals surface area contributed by atoms with Crippen LogP contribution < -0.4 is 4.74 Å². The number of methoxy groups -OCH3 is 1. The van der Waals surface area contributed by atoms with Gasteiger partial charge in [-0.2, -0.15) is 0 Å². The van der Waals surface area contributed by atoms with Gasteiger partial charge >= 0.3 is 5.97 Å². The summed E-state index contributed by atoms with van der Waals surface area (Å²) in [6.45, 7) is 6.17. The van der Waals surface area contributed by atoms with Crippen molar-refractivity contribution < 1.29 is 19.7 Å². The maximum Gasteiger partial charge on any atom is 0.332 e. The van der Waals surface area contributed by atoms with Crippen LogP contribution in [-0.2, 0) is 16.6 Å². The highest BCUT2D eigenvalue weighted by Gasteiger charge is 2.21. The number of aliphatic hydroxyl groups is 1. The Hall–Kier alpha value is -1.55. The van der Waals surface area contributed by atoms with Crippen LogP contribution in [0.4, 0.5) is 0 Å². The molecule has 1 aromatic rings. The first-order valence-corrected chi connectivity index (χ1v) is 5.84. The molecule has 0 saturated carbocycles. The van der Waals surface area contributed by atoms with Gasteiger partial charge in [0, 0.05) is 6.42 Å². The summed E-state index contributed by atoms with van der Waals surface area (Å²) in [5.41, 5.74) is 1.69. The number of hydrogen-bond donors (Lipinski definition) is 2. The first-order chi connectivity index (χ1) is 8.25. The number of ether oxygens (including phenoxy) is 1. The summed E-state index contributed by atoms with van der Waals surface area (Å²) in [5, 5.41) is 18.1. The van der Waals surface area contributed by atoms with Gasteiger partial charge in [0.05, 0.1) is 7.11 Å². The lowest BCUT2D eigenvalue weighted by molar-refractivity contribution is -0.146. The Kier molecular flexibility index (Phi) is 4.35. The Balaban J connectivity index is 3.07. The summed E-state index contributed by atoms with van der Waals surface area (Å²) in [6.07, 6.45) is -1.27. The molecule has 0 heterocycles. The third-order valence-electron chi connectivity index (χ3n) is 2.79. The van der Waals surface area contributed by atoms with Gasteiger partial charge in [-0.3, -0.25) is 0 Å². The van der Waals surface area contributed by atoms with Crippen LogP contribution in [0.25, 0.3) is 0 Å². The summed E-state index contributed by atoms with van der Waals surface area (Å²) in [7, 11) is 1.61. The van der Waals surface area contributed by atoms with Crippen LogP contribution in [-0.4, -0.2) is 29.4 Å². The summed E-state index contributed by atoms with van der Waals surface area (Å²) >= 11 is 0. The van der Waals surface area contributed by atoms with Crippen LogP contribution in [0.2, 0.25) is 0 Å². The molecule has 0 spiro atoms. The standard InChI is InChI=1S/C14H20O4/c1-14(2,3)10-7-9(5-6-12(10)18-4)8-11(15)13(16)17/h5-7,11,15H,8H2,1-4H3,(H,16,17). The van der Waals surface area contributed by atoms with Gasteiger partial charge in [-0.1, -0.05) is 32.9 Å². The molecule has 0 amide bonds. The average molecular weight is 252 g/mol. The van der Waals surface area contributed by atoms with Gasteiger partial charge in [-0.15, -0.1) is 0 Å². The van der Waals surface area contributed by atoms with E-state index in [1.807, 2.05) is 12.1 Å². The Morgan fingerprint density at radius 1 is 1.39 bits per heavy atom. The van der Waals surface area contributed by atoms with E-state index in [0.717, 1.165) is 16.9 Å². The first-order valence-electron chi connectivity index (χ1n) is 5.84. The van der Waals surface area contributed by atoms with Gasteiger partial charge in [0.2, 0.25) is 0 Å². The van der Waals surface area contributed by atoms with Crippen molar-refractivity contribution in [2.24, 2.45) is 0 Å². The van der Waals surface area contributed by atoms with E-state index in [1.54, 1.807) is 13.2 Å². The van der Waals surface area contributed by atoms with E-state index in [1.165, 1.54) is 0 Å². The summed E-state index contributed by atoms with van der Waals surface area (Å²) in [4.78, 5) is 10.6. The summed E-state index contributed by atoms with van der Waals surface area (Å²) in [5.74, 6) is -0.431. The van der Waals surface area contributed by atoms with Gasteiger partial charge in [-0.25, -0.2) is 4.79 Å². The number of hydrogen-bond acceptors (Lipinski definition) is 3. The summed E-state index contributed by atoms with van der Waals surface area (Å²) in [6, 6.07) is 5.48. The third kappa shape index (κ3) is 3.47. The molecule has 1 unspecified atom stereocenters. The van der Waals surface area contributed by atoms with Crippen molar-refractivity contribution in [3.63, 3.8) is 0 Å². The second-order valence-corrected chi connectivity index (χ2v) is 5.34. The van der Waals surface area contributed by atoms with E-state index in [2.05, 4.69) is 20.8 Å². The lowest BCUT2D eigenvalue weighted by Crippen LogP contribution is -2.22. The van der Waals surface area contributed by atoms with Gasteiger partial charge in [0.1, 0.15) is 5.75 Å². The van der Waals surface area contributed by atoms with Crippen molar-refractivity contribution in [3.05, 3.63) is 29.3 Å². The zero-order valence-corrected chi connectivity index (χ0v) is 11.2. The predicted octanol–water partition coefficient (Wildman–Crippen LogP) is 1.98. The van der Waals surface area contributed by atoms with E-state index in [0.29, 0.717) is 0 Å². The van der Waals surface area contributed by atoms with Crippen molar-refractivity contribution in [2.75, 3.05) is 7.11 Å². The number of carboxylic acid groups (broad SMARTS) is 1. The number of rotatable bonds is 4. The van der Waals surface area contributed by atoms with Crippen LogP contribution in [0.5, 0.6) is 5.75 Å². The topological polar surface area (TPSA) is 66.8 Å². The maximum absolute atomic E-state index is 10.6. The molecular weight excluding hydrogens is 232 g/mol. The minimum Gasteiger partial charge on any atom is -0.496 e. The number of benzene rings is 1. The van der Waals surface area contributed by atoms with Crippen LogP contribution in [0, 0.1) is 0 Å². The molecule has 1 atom stereocenters. The molecular formula is C14H20O4. The van der Waals surface area contributed by atoms with Crippen molar-refractivity contribution in [1.29, 1.82) is 0 Å². The molecule has 2 N–H and O–H groups in total. The normalized spacial score (nSPS) is 13.2. The number of carbonyl (C=O) groups is 1. The Labute approximate surface area is 107 Å². The quantitative estimate of drug-likeness (QED) is 0.860. The first kappa shape index (κ1) is 14.5. The van der Waals surface area contributed by atoms with E-state index in [9.17, 15) is 9.90 Å². The van der Waals surface area contributed by atoms with Crippen LogP contribution in [0.3, 0.4) is 0 Å². The van der Waals surface area contributed by atoms with Gasteiger partial charge < -0.3 is 14.9 Å². The lowest BCUT2D eigenvalue weighted by Gasteiger charge is -2.23. The lowest BCUT2D eigenvalue weighted by atomic mass is 9.85. The monoisotopic (exact) mass is 252 g/mol. The molecule has 0 aliphatic carbocycles. The second-order valence-electron chi connectivity index (χ2n) is 5.34. The molecule has 1 rings (SSSR count). The Morgan fingerprint density at radius 3 is 2.44 bits per heavy atom. The largest absolute Gasteiger partial charge is 0.496 e. The highest BCUT2D eigenvalue weighted by atomic mass is 16.5. The molecule has 100 valence electrons. The third-order valence-corrected chi connectivity index (χ3v) is 2.79. The molecule has 18 heavy (non-hydrogen) atoms. The molecule has 0 aliphatic heterocycles. The summed E-state index contributed by atoms with van der Waals surface area (Å²) < 4.78 is 5.30. The van der Waals surface area contributed by atoms with Crippen LogP contribution in [0.15, 0.2) is 18.2 Å². The molecule has 0 bridgehead atoms. The Bertz CT molecular complexity index is 432. The molecule has 0 aromatic heterocycles.